The zero-order valence-corrected chi connectivity index (χ0v) is 17.9. The molecule has 0 bridgehead atoms. The SMILES string of the molecule is CCOC(=O)c1ccc(NS(=O)(=O)c2cccc(-c3nnc(-c4ccccc4)o3)c2)cc1. The van der Waals surface area contributed by atoms with E-state index in [1.54, 1.807) is 19.1 Å². The third kappa shape index (κ3) is 4.68. The summed E-state index contributed by atoms with van der Waals surface area (Å²) in [5, 5.41) is 8.07. The predicted molar refractivity (Wildman–Crippen MR) is 118 cm³/mol. The number of anilines is 1. The second-order valence-electron chi connectivity index (χ2n) is 6.71. The Kier molecular flexibility index (Phi) is 6.00. The van der Waals surface area contributed by atoms with Crippen molar-refractivity contribution in [3.63, 3.8) is 0 Å². The Morgan fingerprint density at radius 3 is 2.25 bits per heavy atom. The first-order chi connectivity index (χ1) is 15.5. The Hall–Kier alpha value is -3.98. The van der Waals surface area contributed by atoms with Gasteiger partial charge in [-0.2, -0.15) is 0 Å². The smallest absolute Gasteiger partial charge is 0.338 e. The fourth-order valence-corrected chi connectivity index (χ4v) is 4.04. The molecule has 8 nitrogen and oxygen atoms in total. The second kappa shape index (κ2) is 9.03. The van der Waals surface area contributed by atoms with Crippen molar-refractivity contribution in [2.45, 2.75) is 11.8 Å². The van der Waals surface area contributed by atoms with Crippen LogP contribution in [0.25, 0.3) is 22.9 Å². The number of carbonyl (C=O) groups excluding carboxylic acids is 1. The van der Waals surface area contributed by atoms with Crippen LogP contribution in [0, 0.1) is 0 Å². The van der Waals surface area contributed by atoms with Gasteiger partial charge in [0, 0.05) is 16.8 Å². The van der Waals surface area contributed by atoms with E-state index in [0.29, 0.717) is 22.7 Å². The summed E-state index contributed by atoms with van der Waals surface area (Å²) in [4.78, 5) is 11.8. The molecule has 0 spiro atoms. The van der Waals surface area contributed by atoms with Crippen LogP contribution in [0.3, 0.4) is 0 Å². The lowest BCUT2D eigenvalue weighted by Crippen LogP contribution is -2.13. The van der Waals surface area contributed by atoms with Crippen LogP contribution < -0.4 is 4.72 Å². The quantitative estimate of drug-likeness (QED) is 0.417. The van der Waals surface area contributed by atoms with Gasteiger partial charge < -0.3 is 9.15 Å². The molecule has 1 N–H and O–H groups in total. The Bertz CT molecular complexity index is 1330. The molecular weight excluding hydrogens is 430 g/mol. The minimum absolute atomic E-state index is 0.0314. The number of aromatic nitrogens is 2. The maximum Gasteiger partial charge on any atom is 0.338 e. The molecule has 0 saturated heterocycles. The van der Waals surface area contributed by atoms with Gasteiger partial charge in [0.25, 0.3) is 10.0 Å². The Morgan fingerprint density at radius 1 is 0.906 bits per heavy atom. The number of nitrogens with zero attached hydrogens (tertiary/aromatic N) is 2. The number of hydrogen-bond acceptors (Lipinski definition) is 7. The lowest BCUT2D eigenvalue weighted by molar-refractivity contribution is 0.0526. The zero-order chi connectivity index (χ0) is 22.6. The van der Waals surface area contributed by atoms with E-state index >= 15 is 0 Å². The van der Waals surface area contributed by atoms with Crippen LogP contribution in [0.1, 0.15) is 17.3 Å². The predicted octanol–water partition coefficient (Wildman–Crippen LogP) is 4.38. The molecule has 0 radical (unpaired) electrons. The molecule has 4 aromatic rings. The molecule has 0 aliphatic rings. The minimum Gasteiger partial charge on any atom is -0.462 e. The van der Waals surface area contributed by atoms with Crippen LogP contribution in [-0.2, 0) is 14.8 Å². The number of nitrogens with one attached hydrogen (secondary N) is 1. The van der Waals surface area contributed by atoms with E-state index in [-0.39, 0.29) is 17.4 Å². The number of carbonyl (C=O) groups is 1. The van der Waals surface area contributed by atoms with Gasteiger partial charge in [0.15, 0.2) is 0 Å². The van der Waals surface area contributed by atoms with E-state index in [0.717, 1.165) is 5.56 Å². The number of sulfonamides is 1. The van der Waals surface area contributed by atoms with Gasteiger partial charge in [0.1, 0.15) is 0 Å². The van der Waals surface area contributed by atoms with Gasteiger partial charge in [0.05, 0.1) is 17.1 Å². The van der Waals surface area contributed by atoms with Crippen LogP contribution in [0.4, 0.5) is 5.69 Å². The summed E-state index contributed by atoms with van der Waals surface area (Å²) in [7, 11) is -3.89. The fraction of sp³-hybridized carbons (Fsp3) is 0.0870. The van der Waals surface area contributed by atoms with Crippen molar-refractivity contribution >= 4 is 21.7 Å². The molecule has 162 valence electrons. The summed E-state index contributed by atoms with van der Waals surface area (Å²) in [6, 6.07) is 21.5. The van der Waals surface area contributed by atoms with Crippen molar-refractivity contribution in [1.82, 2.24) is 10.2 Å². The summed E-state index contributed by atoms with van der Waals surface area (Å²) >= 11 is 0. The Balaban J connectivity index is 1.55. The topological polar surface area (TPSA) is 111 Å². The molecule has 1 aromatic heterocycles. The average Bonchev–Trinajstić information content (AvgIpc) is 3.31. The van der Waals surface area contributed by atoms with Crippen molar-refractivity contribution in [3.8, 4) is 22.9 Å². The molecule has 0 fully saturated rings. The van der Waals surface area contributed by atoms with Crippen molar-refractivity contribution in [2.75, 3.05) is 11.3 Å². The first kappa shape index (κ1) is 21.3. The van der Waals surface area contributed by atoms with Gasteiger partial charge >= 0.3 is 5.97 Å². The highest BCUT2D eigenvalue weighted by Crippen LogP contribution is 2.26. The number of benzene rings is 3. The first-order valence-corrected chi connectivity index (χ1v) is 11.2. The van der Waals surface area contributed by atoms with E-state index in [9.17, 15) is 13.2 Å². The third-order valence-corrected chi connectivity index (χ3v) is 5.86. The van der Waals surface area contributed by atoms with Crippen molar-refractivity contribution < 1.29 is 22.4 Å². The number of esters is 1. The van der Waals surface area contributed by atoms with Crippen LogP contribution >= 0.6 is 0 Å². The summed E-state index contributed by atoms with van der Waals surface area (Å²) < 4.78 is 38.9. The number of rotatable bonds is 7. The number of hydrogen-bond donors (Lipinski definition) is 1. The normalized spacial score (nSPS) is 11.2. The van der Waals surface area contributed by atoms with Crippen LogP contribution in [0.2, 0.25) is 0 Å². The second-order valence-corrected chi connectivity index (χ2v) is 8.39. The average molecular weight is 449 g/mol. The van der Waals surface area contributed by atoms with Gasteiger partial charge in [0.2, 0.25) is 11.8 Å². The highest BCUT2D eigenvalue weighted by Gasteiger charge is 2.18. The summed E-state index contributed by atoms with van der Waals surface area (Å²) in [6.07, 6.45) is 0. The molecule has 0 aliphatic heterocycles. The Morgan fingerprint density at radius 2 is 1.56 bits per heavy atom. The molecular formula is C23H19N3O5S. The molecule has 0 amide bonds. The van der Waals surface area contributed by atoms with E-state index in [4.69, 9.17) is 9.15 Å². The van der Waals surface area contributed by atoms with E-state index in [1.807, 2.05) is 30.3 Å². The monoisotopic (exact) mass is 449 g/mol. The minimum atomic E-state index is -3.89. The van der Waals surface area contributed by atoms with E-state index < -0.39 is 16.0 Å². The molecule has 0 unspecified atom stereocenters. The summed E-state index contributed by atoms with van der Waals surface area (Å²) in [5.41, 5.74) is 1.89. The van der Waals surface area contributed by atoms with Crippen LogP contribution in [0.5, 0.6) is 0 Å². The van der Waals surface area contributed by atoms with Crippen molar-refractivity contribution in [3.05, 3.63) is 84.4 Å². The largest absolute Gasteiger partial charge is 0.462 e. The van der Waals surface area contributed by atoms with Crippen LogP contribution in [-0.4, -0.2) is 31.2 Å². The zero-order valence-electron chi connectivity index (χ0n) is 17.1. The highest BCUT2D eigenvalue weighted by atomic mass is 32.2. The lowest BCUT2D eigenvalue weighted by atomic mass is 10.2. The highest BCUT2D eigenvalue weighted by molar-refractivity contribution is 7.92. The molecule has 3 aromatic carbocycles. The molecule has 1 heterocycles. The van der Waals surface area contributed by atoms with Crippen molar-refractivity contribution in [1.29, 1.82) is 0 Å². The third-order valence-electron chi connectivity index (χ3n) is 4.49. The molecule has 0 saturated carbocycles. The maximum absolute atomic E-state index is 12.9. The van der Waals surface area contributed by atoms with Gasteiger partial charge in [-0.1, -0.05) is 24.3 Å². The van der Waals surface area contributed by atoms with E-state index in [2.05, 4.69) is 14.9 Å². The molecule has 9 heteroatoms. The standard InChI is InChI=1S/C23H19N3O5S/c1-2-30-23(27)17-11-13-19(14-12-17)26-32(28,29)20-10-6-9-18(15-20)22-25-24-21(31-22)16-7-4-3-5-8-16/h3-15,26H,2H2,1H3. The summed E-state index contributed by atoms with van der Waals surface area (Å²) in [6.45, 7) is 1.97. The van der Waals surface area contributed by atoms with Gasteiger partial charge in [-0.3, -0.25) is 4.72 Å². The first-order valence-electron chi connectivity index (χ1n) is 9.75. The molecule has 0 atom stereocenters. The number of ether oxygens (including phenoxy) is 1. The van der Waals surface area contributed by atoms with Crippen molar-refractivity contribution in [2.24, 2.45) is 0 Å². The molecule has 32 heavy (non-hydrogen) atoms. The van der Waals surface area contributed by atoms with E-state index in [1.165, 1.54) is 36.4 Å². The van der Waals surface area contributed by atoms with Gasteiger partial charge in [-0.25, -0.2) is 13.2 Å². The van der Waals surface area contributed by atoms with Gasteiger partial charge in [-0.15, -0.1) is 10.2 Å². The van der Waals surface area contributed by atoms with Gasteiger partial charge in [-0.05, 0) is 61.5 Å². The van der Waals surface area contributed by atoms with Crippen LogP contribution in [0.15, 0.2) is 88.2 Å². The lowest BCUT2D eigenvalue weighted by Gasteiger charge is -2.09. The fourth-order valence-electron chi connectivity index (χ4n) is 2.94. The molecule has 4 rings (SSSR count). The molecule has 0 aliphatic carbocycles. The summed E-state index contributed by atoms with van der Waals surface area (Å²) in [5.74, 6) is 0.0809. The maximum atomic E-state index is 12.9. The Labute approximate surface area is 184 Å².